The first kappa shape index (κ1) is 8.86. The molecular formula is C7H10N2O3. The van der Waals surface area contributed by atoms with Gasteiger partial charge in [0.1, 0.15) is 5.71 Å². The smallest absolute Gasteiger partial charge is 0.248 e. The summed E-state index contributed by atoms with van der Waals surface area (Å²) in [6.07, 6.45) is 0.0648. The number of carbonyl (C=O) groups is 2. The Labute approximate surface area is 69.7 Å². The Morgan fingerprint density at radius 1 is 1.75 bits per heavy atom. The molecule has 0 unspecified atom stereocenters. The normalized spacial score (nSPS) is 16.7. The molecule has 0 fully saturated rings. The highest BCUT2D eigenvalue weighted by atomic mass is 16.3. The summed E-state index contributed by atoms with van der Waals surface area (Å²) in [7, 11) is 0. The van der Waals surface area contributed by atoms with Gasteiger partial charge in [-0.15, -0.1) is 0 Å². The maximum absolute atomic E-state index is 11.0. The molecule has 0 bridgehead atoms. The van der Waals surface area contributed by atoms with E-state index >= 15 is 0 Å². The highest BCUT2D eigenvalue weighted by Crippen LogP contribution is 2.07. The van der Waals surface area contributed by atoms with E-state index in [0.717, 1.165) is 5.01 Å². The summed E-state index contributed by atoms with van der Waals surface area (Å²) in [5.41, 5.74) is 0.272. The molecule has 1 aliphatic heterocycles. The van der Waals surface area contributed by atoms with Crippen LogP contribution >= 0.6 is 0 Å². The van der Waals surface area contributed by atoms with E-state index in [1.54, 1.807) is 0 Å². The molecule has 0 saturated heterocycles. The molecule has 0 aliphatic carbocycles. The van der Waals surface area contributed by atoms with Gasteiger partial charge in [-0.2, -0.15) is 5.10 Å². The lowest BCUT2D eigenvalue weighted by Gasteiger charge is -2.07. The molecule has 0 aromatic heterocycles. The second kappa shape index (κ2) is 3.44. The molecule has 66 valence electrons. The van der Waals surface area contributed by atoms with Crippen molar-refractivity contribution in [3.63, 3.8) is 0 Å². The number of hydrogen-bond acceptors (Lipinski definition) is 4. The Morgan fingerprint density at radius 2 is 2.42 bits per heavy atom. The molecule has 0 atom stereocenters. The summed E-state index contributed by atoms with van der Waals surface area (Å²) in [4.78, 5) is 21.8. The summed E-state index contributed by atoms with van der Waals surface area (Å²) in [6.45, 7) is 1.39. The van der Waals surface area contributed by atoms with Crippen LogP contribution in [0.3, 0.4) is 0 Å². The van der Waals surface area contributed by atoms with Gasteiger partial charge >= 0.3 is 0 Å². The number of carbonyl (C=O) groups excluding carboxylic acids is 2. The van der Waals surface area contributed by atoms with Crippen LogP contribution in [0.25, 0.3) is 0 Å². The molecule has 1 aliphatic rings. The van der Waals surface area contributed by atoms with Crippen LogP contribution < -0.4 is 0 Å². The first-order chi connectivity index (χ1) is 5.65. The van der Waals surface area contributed by atoms with Gasteiger partial charge in [-0.25, -0.2) is 5.01 Å². The second-order valence-corrected chi connectivity index (χ2v) is 2.52. The molecule has 0 saturated carbocycles. The van der Waals surface area contributed by atoms with Gasteiger partial charge < -0.3 is 5.11 Å². The summed E-state index contributed by atoms with van der Waals surface area (Å²) < 4.78 is 0. The molecule has 1 heterocycles. The fourth-order valence-corrected chi connectivity index (χ4v) is 0.936. The maximum Gasteiger partial charge on any atom is 0.248 e. The van der Waals surface area contributed by atoms with Crippen LogP contribution in [0.15, 0.2) is 5.10 Å². The minimum Gasteiger partial charge on any atom is -0.394 e. The number of rotatable bonds is 3. The highest BCUT2D eigenvalue weighted by molar-refractivity contribution is 6.43. The monoisotopic (exact) mass is 170 g/mol. The summed E-state index contributed by atoms with van der Waals surface area (Å²) >= 11 is 0. The van der Waals surface area contributed by atoms with Gasteiger partial charge in [0.2, 0.25) is 5.91 Å². The van der Waals surface area contributed by atoms with E-state index in [1.165, 1.54) is 6.92 Å². The van der Waals surface area contributed by atoms with Gasteiger partial charge in [0.15, 0.2) is 5.78 Å². The van der Waals surface area contributed by atoms with Crippen molar-refractivity contribution in [2.75, 3.05) is 13.2 Å². The molecule has 5 heteroatoms. The maximum atomic E-state index is 11.0. The predicted molar refractivity (Wildman–Crippen MR) is 41.5 cm³/mol. The first-order valence-electron chi connectivity index (χ1n) is 3.65. The zero-order valence-electron chi connectivity index (χ0n) is 6.78. The van der Waals surface area contributed by atoms with Crippen molar-refractivity contribution in [1.82, 2.24) is 5.01 Å². The molecule has 0 spiro atoms. The minimum absolute atomic E-state index is 0.0648. The van der Waals surface area contributed by atoms with Gasteiger partial charge in [-0.05, 0) is 0 Å². The average Bonchev–Trinajstić information content (AvgIpc) is 2.34. The third kappa shape index (κ3) is 1.68. The lowest BCUT2D eigenvalue weighted by Crippen LogP contribution is -2.23. The number of nitrogens with zero attached hydrogens (tertiary/aromatic N) is 2. The highest BCUT2D eigenvalue weighted by Gasteiger charge is 2.25. The fourth-order valence-electron chi connectivity index (χ4n) is 0.936. The van der Waals surface area contributed by atoms with Crippen LogP contribution in [0.4, 0.5) is 0 Å². The van der Waals surface area contributed by atoms with Crippen LogP contribution in [0.5, 0.6) is 0 Å². The van der Waals surface area contributed by atoms with E-state index < -0.39 is 0 Å². The SMILES string of the molecule is CC(=O)C1=NN(CCO)C(=O)C1. The van der Waals surface area contributed by atoms with E-state index in [4.69, 9.17) is 5.11 Å². The standard InChI is InChI=1S/C7H10N2O3/c1-5(11)6-4-7(12)9(8-6)2-3-10/h10H,2-4H2,1H3. The lowest BCUT2D eigenvalue weighted by molar-refractivity contribution is -0.129. The van der Waals surface area contributed by atoms with E-state index in [1.807, 2.05) is 0 Å². The van der Waals surface area contributed by atoms with Gasteiger partial charge in [-0.3, -0.25) is 9.59 Å². The van der Waals surface area contributed by atoms with Crippen LogP contribution in [-0.2, 0) is 9.59 Å². The molecule has 0 radical (unpaired) electrons. The minimum atomic E-state index is -0.228. The number of amides is 1. The largest absolute Gasteiger partial charge is 0.394 e. The molecule has 1 amide bonds. The number of aliphatic hydroxyl groups excluding tert-OH is 1. The Balaban J connectivity index is 2.66. The van der Waals surface area contributed by atoms with Crippen LogP contribution in [-0.4, -0.2) is 40.7 Å². The van der Waals surface area contributed by atoms with Gasteiger partial charge in [0, 0.05) is 6.92 Å². The van der Waals surface area contributed by atoms with Crippen molar-refractivity contribution in [2.45, 2.75) is 13.3 Å². The van der Waals surface area contributed by atoms with E-state index in [2.05, 4.69) is 5.10 Å². The zero-order valence-corrected chi connectivity index (χ0v) is 6.78. The number of β-amino-alcohol motifs (C(OH)–C–C–N with tert-alkyl or cyclic N) is 1. The third-order valence-corrected chi connectivity index (χ3v) is 1.57. The van der Waals surface area contributed by atoms with E-state index in [-0.39, 0.29) is 37.0 Å². The van der Waals surface area contributed by atoms with E-state index in [0.29, 0.717) is 0 Å². The lowest BCUT2D eigenvalue weighted by atomic mass is 10.2. The molecule has 5 nitrogen and oxygen atoms in total. The molecule has 12 heavy (non-hydrogen) atoms. The number of ketones is 1. The molecule has 1 rings (SSSR count). The fraction of sp³-hybridized carbons (Fsp3) is 0.571. The Bertz CT molecular complexity index is 247. The van der Waals surface area contributed by atoms with Gasteiger partial charge in [-0.1, -0.05) is 0 Å². The zero-order chi connectivity index (χ0) is 9.14. The quantitative estimate of drug-likeness (QED) is 0.600. The van der Waals surface area contributed by atoms with Crippen molar-refractivity contribution in [3.8, 4) is 0 Å². The second-order valence-electron chi connectivity index (χ2n) is 2.52. The van der Waals surface area contributed by atoms with Crippen molar-refractivity contribution >= 4 is 17.4 Å². The summed E-state index contributed by atoms with van der Waals surface area (Å²) in [5.74, 6) is -0.418. The van der Waals surface area contributed by atoms with Crippen molar-refractivity contribution in [1.29, 1.82) is 0 Å². The third-order valence-electron chi connectivity index (χ3n) is 1.57. The molecule has 0 aromatic carbocycles. The van der Waals surface area contributed by atoms with Crippen molar-refractivity contribution < 1.29 is 14.7 Å². The predicted octanol–water partition coefficient (Wildman–Crippen LogP) is -0.844. The topological polar surface area (TPSA) is 70.0 Å². The number of hydrogen-bond donors (Lipinski definition) is 1. The van der Waals surface area contributed by atoms with Gasteiger partial charge in [0.25, 0.3) is 0 Å². The average molecular weight is 170 g/mol. The Hall–Kier alpha value is -1.23. The van der Waals surface area contributed by atoms with Crippen molar-refractivity contribution in [2.24, 2.45) is 5.10 Å². The number of aliphatic hydroxyl groups is 1. The van der Waals surface area contributed by atoms with Gasteiger partial charge in [0.05, 0.1) is 19.6 Å². The summed E-state index contributed by atoms with van der Waals surface area (Å²) in [5, 5.41) is 13.4. The number of Topliss-reactive ketones (excluding diaryl/α,β-unsaturated/α-hetero) is 1. The molecular weight excluding hydrogens is 160 g/mol. The Morgan fingerprint density at radius 3 is 2.83 bits per heavy atom. The van der Waals surface area contributed by atoms with Crippen LogP contribution in [0.2, 0.25) is 0 Å². The number of hydrazone groups is 1. The van der Waals surface area contributed by atoms with Crippen LogP contribution in [0.1, 0.15) is 13.3 Å². The van der Waals surface area contributed by atoms with E-state index in [9.17, 15) is 9.59 Å². The molecule has 1 N–H and O–H groups in total. The van der Waals surface area contributed by atoms with Crippen LogP contribution in [0, 0.1) is 0 Å². The Kier molecular flexibility index (Phi) is 2.54. The summed E-state index contributed by atoms with van der Waals surface area (Å²) in [6, 6.07) is 0. The van der Waals surface area contributed by atoms with Crippen molar-refractivity contribution in [3.05, 3.63) is 0 Å². The first-order valence-corrected chi connectivity index (χ1v) is 3.65. The molecule has 0 aromatic rings.